The molecule has 0 heterocycles. The van der Waals surface area contributed by atoms with Gasteiger partial charge in [0, 0.05) is 18.8 Å². The third kappa shape index (κ3) is 6.03. The van der Waals surface area contributed by atoms with Crippen molar-refractivity contribution in [2.75, 3.05) is 12.4 Å². The van der Waals surface area contributed by atoms with Gasteiger partial charge in [0.05, 0.1) is 0 Å². The van der Waals surface area contributed by atoms with E-state index in [0.717, 1.165) is 25.8 Å². The van der Waals surface area contributed by atoms with Crippen LogP contribution < -0.4 is 5.32 Å². The van der Waals surface area contributed by atoms with Crippen LogP contribution in [0.5, 0.6) is 0 Å². The van der Waals surface area contributed by atoms with Gasteiger partial charge in [0.2, 0.25) is 5.91 Å². The summed E-state index contributed by atoms with van der Waals surface area (Å²) in [4.78, 5) is 11.5. The Kier molecular flexibility index (Phi) is 4.91. The Morgan fingerprint density at radius 3 is 2.67 bits per heavy atom. The topological polar surface area (TPSA) is 29.1 Å². The number of amides is 1. The van der Waals surface area contributed by atoms with Gasteiger partial charge in [0.1, 0.15) is 0 Å². The molecule has 0 aliphatic heterocycles. The lowest BCUT2D eigenvalue weighted by Gasteiger charge is -2.24. The molecule has 1 amide bonds. The standard InChI is InChI=1S/C12H22ClNO/c1-12(2,6-3-7-13)9-14-11(15)8-10-4-5-10/h10H,3-9H2,1-2H3,(H,14,15). The highest BCUT2D eigenvalue weighted by molar-refractivity contribution is 6.17. The van der Waals surface area contributed by atoms with E-state index in [4.69, 9.17) is 11.6 Å². The first kappa shape index (κ1) is 12.8. The Balaban J connectivity index is 2.12. The predicted octanol–water partition coefficient (Wildman–Crippen LogP) is 2.95. The van der Waals surface area contributed by atoms with E-state index in [0.29, 0.717) is 11.8 Å². The van der Waals surface area contributed by atoms with Gasteiger partial charge in [0.15, 0.2) is 0 Å². The number of hydrogen-bond acceptors (Lipinski definition) is 1. The summed E-state index contributed by atoms with van der Waals surface area (Å²) >= 11 is 5.66. The van der Waals surface area contributed by atoms with Crippen LogP contribution in [0.15, 0.2) is 0 Å². The van der Waals surface area contributed by atoms with Gasteiger partial charge in [-0.3, -0.25) is 4.79 Å². The molecular weight excluding hydrogens is 210 g/mol. The first-order valence-corrected chi connectivity index (χ1v) is 6.39. The smallest absolute Gasteiger partial charge is 0.220 e. The zero-order valence-electron chi connectivity index (χ0n) is 9.81. The minimum absolute atomic E-state index is 0.175. The Labute approximate surface area is 97.8 Å². The highest BCUT2D eigenvalue weighted by atomic mass is 35.5. The van der Waals surface area contributed by atoms with Crippen LogP contribution in [0.3, 0.4) is 0 Å². The molecule has 1 N–H and O–H groups in total. The lowest BCUT2D eigenvalue weighted by molar-refractivity contribution is -0.121. The second-order valence-corrected chi connectivity index (χ2v) is 5.76. The number of rotatable bonds is 7. The molecule has 1 fully saturated rings. The minimum Gasteiger partial charge on any atom is -0.356 e. The maximum atomic E-state index is 11.5. The number of carbonyl (C=O) groups is 1. The third-order valence-electron chi connectivity index (χ3n) is 2.92. The van der Waals surface area contributed by atoms with Crippen molar-refractivity contribution in [3.8, 4) is 0 Å². The second kappa shape index (κ2) is 5.74. The summed E-state index contributed by atoms with van der Waals surface area (Å²) in [5.41, 5.74) is 0.175. The van der Waals surface area contributed by atoms with Gasteiger partial charge in [-0.2, -0.15) is 0 Å². The van der Waals surface area contributed by atoms with Gasteiger partial charge in [-0.15, -0.1) is 11.6 Å². The Morgan fingerprint density at radius 1 is 1.47 bits per heavy atom. The Bertz CT molecular complexity index is 212. The molecule has 2 nitrogen and oxygen atoms in total. The fraction of sp³-hybridized carbons (Fsp3) is 0.917. The largest absolute Gasteiger partial charge is 0.356 e. The van der Waals surface area contributed by atoms with Crippen LogP contribution in [0.2, 0.25) is 0 Å². The molecule has 1 saturated carbocycles. The van der Waals surface area contributed by atoms with Crippen molar-refractivity contribution >= 4 is 17.5 Å². The molecule has 1 aliphatic carbocycles. The monoisotopic (exact) mass is 231 g/mol. The molecule has 0 aromatic rings. The zero-order valence-corrected chi connectivity index (χ0v) is 10.6. The lowest BCUT2D eigenvalue weighted by Crippen LogP contribution is -2.34. The molecule has 3 heteroatoms. The number of carbonyl (C=O) groups excluding carboxylic acids is 1. The van der Waals surface area contributed by atoms with Gasteiger partial charge in [-0.1, -0.05) is 13.8 Å². The van der Waals surface area contributed by atoms with Gasteiger partial charge in [-0.05, 0) is 37.0 Å². The molecular formula is C12H22ClNO. The molecule has 1 rings (SSSR count). The van der Waals surface area contributed by atoms with Crippen molar-refractivity contribution in [1.82, 2.24) is 5.32 Å². The number of hydrogen-bond donors (Lipinski definition) is 1. The SMILES string of the molecule is CC(C)(CCCCl)CNC(=O)CC1CC1. The van der Waals surface area contributed by atoms with E-state index in [2.05, 4.69) is 19.2 Å². The van der Waals surface area contributed by atoms with Gasteiger partial charge >= 0.3 is 0 Å². The van der Waals surface area contributed by atoms with E-state index in [-0.39, 0.29) is 11.3 Å². The van der Waals surface area contributed by atoms with Crippen molar-refractivity contribution in [3.63, 3.8) is 0 Å². The van der Waals surface area contributed by atoms with E-state index >= 15 is 0 Å². The first-order valence-electron chi connectivity index (χ1n) is 5.86. The molecule has 0 saturated heterocycles. The van der Waals surface area contributed by atoms with Gasteiger partial charge in [0.25, 0.3) is 0 Å². The molecule has 0 unspecified atom stereocenters. The summed E-state index contributed by atoms with van der Waals surface area (Å²) in [6.45, 7) is 5.13. The van der Waals surface area contributed by atoms with Crippen LogP contribution in [-0.4, -0.2) is 18.3 Å². The molecule has 0 aromatic carbocycles. The Morgan fingerprint density at radius 2 is 2.13 bits per heavy atom. The normalized spacial score (nSPS) is 16.5. The quantitative estimate of drug-likeness (QED) is 0.671. The van der Waals surface area contributed by atoms with Crippen LogP contribution in [0, 0.1) is 11.3 Å². The minimum atomic E-state index is 0.175. The summed E-state index contributed by atoms with van der Waals surface area (Å²) in [5, 5.41) is 3.02. The number of alkyl halides is 1. The van der Waals surface area contributed by atoms with Crippen molar-refractivity contribution in [1.29, 1.82) is 0 Å². The van der Waals surface area contributed by atoms with Crippen LogP contribution in [0.1, 0.15) is 46.0 Å². The summed E-state index contributed by atoms with van der Waals surface area (Å²) in [7, 11) is 0. The summed E-state index contributed by atoms with van der Waals surface area (Å²) < 4.78 is 0. The molecule has 0 bridgehead atoms. The maximum Gasteiger partial charge on any atom is 0.220 e. The van der Waals surface area contributed by atoms with Crippen LogP contribution in [0.4, 0.5) is 0 Å². The first-order chi connectivity index (χ1) is 7.03. The molecule has 88 valence electrons. The Hall–Kier alpha value is -0.240. The van der Waals surface area contributed by atoms with Crippen LogP contribution in [-0.2, 0) is 4.79 Å². The van der Waals surface area contributed by atoms with Crippen LogP contribution in [0.25, 0.3) is 0 Å². The van der Waals surface area contributed by atoms with Crippen molar-refractivity contribution in [2.45, 2.75) is 46.0 Å². The fourth-order valence-electron chi connectivity index (χ4n) is 1.63. The molecule has 0 spiro atoms. The highest BCUT2D eigenvalue weighted by Crippen LogP contribution is 2.32. The summed E-state index contributed by atoms with van der Waals surface area (Å²) in [6.07, 6.45) is 5.30. The third-order valence-corrected chi connectivity index (χ3v) is 3.19. The molecule has 1 aliphatic rings. The predicted molar refractivity (Wildman–Crippen MR) is 64.1 cm³/mol. The molecule has 0 aromatic heterocycles. The van der Waals surface area contributed by atoms with E-state index in [1.54, 1.807) is 0 Å². The van der Waals surface area contributed by atoms with E-state index in [1.165, 1.54) is 12.8 Å². The number of nitrogens with one attached hydrogen (secondary N) is 1. The van der Waals surface area contributed by atoms with Crippen molar-refractivity contribution in [2.24, 2.45) is 11.3 Å². The van der Waals surface area contributed by atoms with Gasteiger partial charge < -0.3 is 5.32 Å². The fourth-order valence-corrected chi connectivity index (χ4v) is 1.76. The molecule has 15 heavy (non-hydrogen) atoms. The summed E-state index contributed by atoms with van der Waals surface area (Å²) in [6, 6.07) is 0. The molecule has 0 radical (unpaired) electrons. The highest BCUT2D eigenvalue weighted by Gasteiger charge is 2.25. The van der Waals surface area contributed by atoms with Crippen molar-refractivity contribution < 1.29 is 4.79 Å². The summed E-state index contributed by atoms with van der Waals surface area (Å²) in [5.74, 6) is 1.60. The second-order valence-electron chi connectivity index (χ2n) is 5.38. The van der Waals surface area contributed by atoms with E-state index in [1.807, 2.05) is 0 Å². The maximum absolute atomic E-state index is 11.5. The average Bonchev–Trinajstić information content (AvgIpc) is 2.96. The number of halogens is 1. The average molecular weight is 232 g/mol. The van der Waals surface area contributed by atoms with E-state index in [9.17, 15) is 4.79 Å². The lowest BCUT2D eigenvalue weighted by atomic mass is 9.88. The van der Waals surface area contributed by atoms with Crippen molar-refractivity contribution in [3.05, 3.63) is 0 Å². The zero-order chi connectivity index (χ0) is 11.3. The van der Waals surface area contributed by atoms with E-state index < -0.39 is 0 Å². The molecule has 0 atom stereocenters. The van der Waals surface area contributed by atoms with Gasteiger partial charge in [-0.25, -0.2) is 0 Å². The van der Waals surface area contributed by atoms with Crippen LogP contribution >= 0.6 is 11.6 Å².